The molecule has 0 amide bonds. The Morgan fingerprint density at radius 2 is 2.09 bits per heavy atom. The van der Waals surface area contributed by atoms with Crippen molar-refractivity contribution in [1.29, 1.82) is 0 Å². The van der Waals surface area contributed by atoms with Crippen LogP contribution in [0, 0.1) is 6.92 Å². The molecule has 8 heteroatoms. The van der Waals surface area contributed by atoms with Crippen LogP contribution in [0.4, 0.5) is 0 Å². The molecule has 0 radical (unpaired) electrons. The maximum atomic E-state index is 5.84. The molecule has 0 saturated carbocycles. The minimum absolute atomic E-state index is 0.339. The Bertz CT molecular complexity index is 816. The van der Waals surface area contributed by atoms with Gasteiger partial charge in [0.2, 0.25) is 6.10 Å². The third-order valence-electron chi connectivity index (χ3n) is 3.23. The molecule has 23 heavy (non-hydrogen) atoms. The highest BCUT2D eigenvalue weighted by molar-refractivity contribution is 7.98. The molecule has 0 bridgehead atoms. The Kier molecular flexibility index (Phi) is 3.66. The van der Waals surface area contributed by atoms with E-state index in [0.29, 0.717) is 29.2 Å². The second-order valence-electron chi connectivity index (χ2n) is 4.99. The molecule has 0 aliphatic carbocycles. The maximum absolute atomic E-state index is 5.84. The average Bonchev–Trinajstić information content (AvgIpc) is 3.21. The predicted molar refractivity (Wildman–Crippen MR) is 80.4 cm³/mol. The van der Waals surface area contributed by atoms with Crippen LogP contribution in [0.5, 0.6) is 11.5 Å². The highest BCUT2D eigenvalue weighted by Gasteiger charge is 2.27. The average molecular weight is 331 g/mol. The van der Waals surface area contributed by atoms with Crippen LogP contribution in [0.2, 0.25) is 0 Å². The number of aryl methyl sites for hydroxylation is 1. The zero-order valence-electron chi connectivity index (χ0n) is 12.3. The summed E-state index contributed by atoms with van der Waals surface area (Å²) in [6.07, 6.45) is -0.402. The van der Waals surface area contributed by atoms with E-state index in [1.165, 1.54) is 11.8 Å². The monoisotopic (exact) mass is 331 g/mol. The maximum Gasteiger partial charge on any atom is 0.277 e. The minimum atomic E-state index is -0.402. The van der Waals surface area contributed by atoms with E-state index in [9.17, 15) is 0 Å². The van der Waals surface area contributed by atoms with Crippen molar-refractivity contribution in [3.8, 4) is 11.5 Å². The van der Waals surface area contributed by atoms with Crippen molar-refractivity contribution in [2.45, 2.75) is 24.0 Å². The van der Waals surface area contributed by atoms with Gasteiger partial charge < -0.3 is 18.4 Å². The molecule has 1 aromatic carbocycles. The summed E-state index contributed by atoms with van der Waals surface area (Å²) in [6.45, 7) is 2.19. The second kappa shape index (κ2) is 5.96. The molecular formula is C15H13N3O4S. The van der Waals surface area contributed by atoms with E-state index in [0.717, 1.165) is 17.2 Å². The van der Waals surface area contributed by atoms with Crippen molar-refractivity contribution in [3.63, 3.8) is 0 Å². The number of rotatable bonds is 4. The van der Waals surface area contributed by atoms with Gasteiger partial charge in [0.1, 0.15) is 12.4 Å². The first kappa shape index (κ1) is 14.1. The van der Waals surface area contributed by atoms with E-state index >= 15 is 0 Å². The van der Waals surface area contributed by atoms with Crippen LogP contribution in [0.15, 0.2) is 44.5 Å². The standard InChI is InChI=1S/C15H13N3O4S/c1-9-6-10(18-22-9)8-23-15-17-16-14(21-15)13-7-19-11-4-2-3-5-12(11)20-13/h2-6,13H,7-8H2,1H3/t13-/m0/s1. The van der Waals surface area contributed by atoms with Gasteiger partial charge in [-0.2, -0.15) is 0 Å². The normalized spacial score (nSPS) is 16.5. The Hall–Kier alpha value is -2.48. The molecule has 3 heterocycles. The van der Waals surface area contributed by atoms with Crippen LogP contribution in [-0.4, -0.2) is 22.0 Å². The Labute approximate surface area is 136 Å². The van der Waals surface area contributed by atoms with Gasteiger partial charge in [0.15, 0.2) is 11.5 Å². The number of thioether (sulfide) groups is 1. The van der Waals surface area contributed by atoms with E-state index < -0.39 is 6.10 Å². The number of benzene rings is 1. The molecule has 118 valence electrons. The van der Waals surface area contributed by atoms with E-state index in [4.69, 9.17) is 18.4 Å². The fourth-order valence-corrected chi connectivity index (χ4v) is 2.82. The summed E-state index contributed by atoms with van der Waals surface area (Å²) in [5.41, 5.74) is 0.832. The first-order chi connectivity index (χ1) is 11.3. The molecule has 1 aliphatic heterocycles. The summed E-state index contributed by atoms with van der Waals surface area (Å²) >= 11 is 1.40. The molecule has 3 aromatic rings. The van der Waals surface area contributed by atoms with Gasteiger partial charge in [-0.3, -0.25) is 0 Å². The van der Waals surface area contributed by atoms with Gasteiger partial charge in [-0.05, 0) is 19.1 Å². The Morgan fingerprint density at radius 3 is 2.91 bits per heavy atom. The Balaban J connectivity index is 1.42. The van der Waals surface area contributed by atoms with Gasteiger partial charge in [-0.25, -0.2) is 0 Å². The van der Waals surface area contributed by atoms with Crippen LogP contribution in [0.3, 0.4) is 0 Å². The topological polar surface area (TPSA) is 83.4 Å². The predicted octanol–water partition coefficient (Wildman–Crippen LogP) is 3.17. The van der Waals surface area contributed by atoms with Gasteiger partial charge in [0.05, 0.1) is 5.69 Å². The van der Waals surface area contributed by atoms with Gasteiger partial charge in [-0.15, -0.1) is 10.2 Å². The fraction of sp³-hybridized carbons (Fsp3) is 0.267. The third-order valence-corrected chi connectivity index (χ3v) is 4.08. The molecule has 0 N–H and O–H groups in total. The second-order valence-corrected chi connectivity index (χ2v) is 5.91. The van der Waals surface area contributed by atoms with Crippen molar-refractivity contribution in [2.24, 2.45) is 0 Å². The van der Waals surface area contributed by atoms with E-state index in [1.54, 1.807) is 0 Å². The fourth-order valence-electron chi connectivity index (χ4n) is 2.17. The van der Waals surface area contributed by atoms with Crippen molar-refractivity contribution < 1.29 is 18.4 Å². The van der Waals surface area contributed by atoms with Crippen LogP contribution in [-0.2, 0) is 5.75 Å². The first-order valence-corrected chi connectivity index (χ1v) is 8.03. The van der Waals surface area contributed by atoms with Crippen LogP contribution in [0.25, 0.3) is 0 Å². The lowest BCUT2D eigenvalue weighted by molar-refractivity contribution is 0.0686. The number of hydrogen-bond acceptors (Lipinski definition) is 8. The summed E-state index contributed by atoms with van der Waals surface area (Å²) in [5, 5.41) is 12.4. The van der Waals surface area contributed by atoms with E-state index in [2.05, 4.69) is 15.4 Å². The summed E-state index contributed by atoms with van der Waals surface area (Å²) in [4.78, 5) is 0. The van der Waals surface area contributed by atoms with Gasteiger partial charge in [-0.1, -0.05) is 29.1 Å². The van der Waals surface area contributed by atoms with Gasteiger partial charge in [0, 0.05) is 11.8 Å². The smallest absolute Gasteiger partial charge is 0.277 e. The summed E-state index contributed by atoms with van der Waals surface area (Å²) < 4.78 is 22.2. The van der Waals surface area contributed by atoms with Crippen molar-refractivity contribution in [3.05, 3.63) is 47.7 Å². The molecule has 2 aromatic heterocycles. The largest absolute Gasteiger partial charge is 0.485 e. The van der Waals surface area contributed by atoms with Gasteiger partial charge >= 0.3 is 0 Å². The molecule has 7 nitrogen and oxygen atoms in total. The highest BCUT2D eigenvalue weighted by Crippen LogP contribution is 2.36. The molecule has 0 unspecified atom stereocenters. The minimum Gasteiger partial charge on any atom is -0.485 e. The number of aromatic nitrogens is 3. The van der Waals surface area contributed by atoms with Crippen molar-refractivity contribution >= 4 is 11.8 Å². The summed E-state index contributed by atoms with van der Waals surface area (Å²) in [7, 11) is 0. The quantitative estimate of drug-likeness (QED) is 0.674. The number of para-hydroxylation sites is 2. The number of nitrogens with zero attached hydrogens (tertiary/aromatic N) is 3. The first-order valence-electron chi connectivity index (χ1n) is 7.05. The molecular weight excluding hydrogens is 318 g/mol. The van der Waals surface area contributed by atoms with Crippen LogP contribution in [0.1, 0.15) is 23.4 Å². The number of ether oxygens (including phenoxy) is 2. The molecule has 0 fully saturated rings. The molecule has 1 atom stereocenters. The number of fused-ring (bicyclic) bond motifs is 1. The SMILES string of the molecule is Cc1cc(CSc2nnc([C@@H]3COc4ccccc4O3)o2)no1. The lowest BCUT2D eigenvalue weighted by Gasteiger charge is -2.23. The summed E-state index contributed by atoms with van der Waals surface area (Å²) in [5.74, 6) is 3.18. The zero-order chi connectivity index (χ0) is 15.6. The molecule has 1 aliphatic rings. The third kappa shape index (κ3) is 3.02. The number of hydrogen-bond donors (Lipinski definition) is 0. The molecule has 0 spiro atoms. The summed E-state index contributed by atoms with van der Waals surface area (Å²) in [6, 6.07) is 9.37. The van der Waals surface area contributed by atoms with Crippen molar-refractivity contribution in [1.82, 2.24) is 15.4 Å². The van der Waals surface area contributed by atoms with E-state index in [1.807, 2.05) is 37.3 Å². The Morgan fingerprint density at radius 1 is 1.22 bits per heavy atom. The molecule has 0 saturated heterocycles. The highest BCUT2D eigenvalue weighted by atomic mass is 32.2. The lowest BCUT2D eigenvalue weighted by atomic mass is 10.2. The molecule has 4 rings (SSSR count). The van der Waals surface area contributed by atoms with Gasteiger partial charge in [0.25, 0.3) is 11.1 Å². The zero-order valence-corrected chi connectivity index (χ0v) is 13.1. The van der Waals surface area contributed by atoms with Crippen LogP contribution >= 0.6 is 11.8 Å². The van der Waals surface area contributed by atoms with E-state index in [-0.39, 0.29) is 0 Å². The lowest BCUT2D eigenvalue weighted by Crippen LogP contribution is -2.21. The van der Waals surface area contributed by atoms with Crippen LogP contribution < -0.4 is 9.47 Å². The van der Waals surface area contributed by atoms with Crippen molar-refractivity contribution in [2.75, 3.05) is 6.61 Å².